The molecule has 0 spiro atoms. The van der Waals surface area contributed by atoms with E-state index in [0.29, 0.717) is 35.8 Å². The minimum Gasteiger partial charge on any atom is -0.454 e. The standard InChI is InChI=1S/C20H21FN2O4/c1-3-23(10-14-5-4-6-15(21)7-14)11-20(25)22-17-9-19-18(26-12-27-19)8-16(17)13(2)24/h4-9H,3,10-12H2,1-2H3,(H,22,25). The van der Waals surface area contributed by atoms with Crippen molar-refractivity contribution in [1.82, 2.24) is 4.90 Å². The second kappa shape index (κ2) is 8.18. The summed E-state index contributed by atoms with van der Waals surface area (Å²) in [4.78, 5) is 26.3. The van der Waals surface area contributed by atoms with Crippen LogP contribution in [-0.4, -0.2) is 36.5 Å². The Labute approximate surface area is 156 Å². The molecule has 0 saturated carbocycles. The highest BCUT2D eigenvalue weighted by Crippen LogP contribution is 2.37. The molecule has 142 valence electrons. The third kappa shape index (κ3) is 4.62. The van der Waals surface area contributed by atoms with Crippen molar-refractivity contribution in [2.75, 3.05) is 25.2 Å². The molecule has 1 aliphatic rings. The summed E-state index contributed by atoms with van der Waals surface area (Å²) < 4.78 is 23.9. The number of carbonyl (C=O) groups is 2. The first-order valence-corrected chi connectivity index (χ1v) is 8.67. The maximum atomic E-state index is 13.3. The molecule has 2 aromatic rings. The number of rotatable bonds is 7. The third-order valence-electron chi connectivity index (χ3n) is 4.28. The number of hydrogen-bond donors (Lipinski definition) is 1. The molecular formula is C20H21FN2O4. The van der Waals surface area contributed by atoms with Crippen molar-refractivity contribution in [3.8, 4) is 11.5 Å². The Kier molecular flexibility index (Phi) is 5.71. The summed E-state index contributed by atoms with van der Waals surface area (Å²) in [6.07, 6.45) is 0. The maximum absolute atomic E-state index is 13.3. The lowest BCUT2D eigenvalue weighted by Gasteiger charge is -2.20. The van der Waals surface area contributed by atoms with Gasteiger partial charge in [0, 0.05) is 18.2 Å². The van der Waals surface area contributed by atoms with Crippen LogP contribution >= 0.6 is 0 Å². The van der Waals surface area contributed by atoms with Crippen LogP contribution in [0.3, 0.4) is 0 Å². The summed E-state index contributed by atoms with van der Waals surface area (Å²) in [6, 6.07) is 9.46. The van der Waals surface area contributed by atoms with Gasteiger partial charge in [-0.15, -0.1) is 0 Å². The van der Waals surface area contributed by atoms with E-state index in [9.17, 15) is 14.0 Å². The van der Waals surface area contributed by atoms with Crippen LogP contribution in [0.25, 0.3) is 0 Å². The van der Waals surface area contributed by atoms with Crippen LogP contribution < -0.4 is 14.8 Å². The molecule has 0 aliphatic carbocycles. The zero-order chi connectivity index (χ0) is 19.4. The van der Waals surface area contributed by atoms with E-state index < -0.39 is 0 Å². The predicted molar refractivity (Wildman–Crippen MR) is 98.6 cm³/mol. The van der Waals surface area contributed by atoms with E-state index in [4.69, 9.17) is 9.47 Å². The highest BCUT2D eigenvalue weighted by atomic mass is 19.1. The lowest BCUT2D eigenvalue weighted by atomic mass is 10.1. The number of nitrogens with one attached hydrogen (secondary N) is 1. The van der Waals surface area contributed by atoms with Crippen LogP contribution in [0.2, 0.25) is 0 Å². The van der Waals surface area contributed by atoms with Crippen molar-refractivity contribution in [3.63, 3.8) is 0 Å². The summed E-state index contributed by atoms with van der Waals surface area (Å²) in [5.41, 5.74) is 1.54. The first-order valence-electron chi connectivity index (χ1n) is 8.67. The third-order valence-corrected chi connectivity index (χ3v) is 4.28. The second-order valence-electron chi connectivity index (χ2n) is 6.29. The highest BCUT2D eigenvalue weighted by Gasteiger charge is 2.21. The van der Waals surface area contributed by atoms with Crippen molar-refractivity contribution in [1.29, 1.82) is 0 Å². The Hall–Kier alpha value is -2.93. The van der Waals surface area contributed by atoms with E-state index >= 15 is 0 Å². The number of anilines is 1. The molecular weight excluding hydrogens is 351 g/mol. The fourth-order valence-electron chi connectivity index (χ4n) is 2.90. The molecule has 1 heterocycles. The van der Waals surface area contributed by atoms with Gasteiger partial charge in [0.05, 0.1) is 12.2 Å². The molecule has 0 bridgehead atoms. The van der Waals surface area contributed by atoms with Crippen molar-refractivity contribution in [3.05, 3.63) is 53.3 Å². The van der Waals surface area contributed by atoms with E-state index in [1.54, 1.807) is 18.2 Å². The average Bonchev–Trinajstić information content (AvgIpc) is 3.07. The fourth-order valence-corrected chi connectivity index (χ4v) is 2.90. The summed E-state index contributed by atoms with van der Waals surface area (Å²) in [5, 5.41) is 2.77. The fraction of sp³-hybridized carbons (Fsp3) is 0.300. The molecule has 0 atom stereocenters. The van der Waals surface area contributed by atoms with E-state index in [1.807, 2.05) is 17.9 Å². The van der Waals surface area contributed by atoms with Gasteiger partial charge in [0.15, 0.2) is 17.3 Å². The van der Waals surface area contributed by atoms with Crippen LogP contribution in [-0.2, 0) is 11.3 Å². The molecule has 7 heteroatoms. The van der Waals surface area contributed by atoms with Gasteiger partial charge in [-0.2, -0.15) is 0 Å². The van der Waals surface area contributed by atoms with Crippen LogP contribution in [0.5, 0.6) is 11.5 Å². The molecule has 6 nitrogen and oxygen atoms in total. The van der Waals surface area contributed by atoms with Gasteiger partial charge in [0.25, 0.3) is 0 Å². The zero-order valence-corrected chi connectivity index (χ0v) is 15.3. The zero-order valence-electron chi connectivity index (χ0n) is 15.3. The number of hydrogen-bond acceptors (Lipinski definition) is 5. The molecule has 1 amide bonds. The monoisotopic (exact) mass is 372 g/mol. The molecule has 2 aromatic carbocycles. The number of halogens is 1. The number of fused-ring (bicyclic) bond motifs is 1. The Balaban J connectivity index is 1.70. The quantitative estimate of drug-likeness (QED) is 0.756. The van der Waals surface area contributed by atoms with Crippen LogP contribution in [0, 0.1) is 5.82 Å². The number of carbonyl (C=O) groups excluding carboxylic acids is 2. The van der Waals surface area contributed by atoms with Gasteiger partial charge in [-0.05, 0) is 37.2 Å². The van der Waals surface area contributed by atoms with Crippen LogP contribution in [0.1, 0.15) is 29.8 Å². The molecule has 1 N–H and O–H groups in total. The van der Waals surface area contributed by atoms with Crippen molar-refractivity contribution < 1.29 is 23.5 Å². The molecule has 0 fully saturated rings. The van der Waals surface area contributed by atoms with Gasteiger partial charge in [-0.3, -0.25) is 14.5 Å². The number of likely N-dealkylation sites (N-methyl/N-ethyl adjacent to an activating group) is 1. The van der Waals surface area contributed by atoms with E-state index in [-0.39, 0.29) is 30.8 Å². The van der Waals surface area contributed by atoms with E-state index in [1.165, 1.54) is 19.1 Å². The first kappa shape index (κ1) is 18.8. The van der Waals surface area contributed by atoms with Crippen LogP contribution in [0.4, 0.5) is 10.1 Å². The Morgan fingerprint density at radius 3 is 2.59 bits per heavy atom. The van der Waals surface area contributed by atoms with Gasteiger partial charge >= 0.3 is 0 Å². The number of Topliss-reactive ketones (excluding diaryl/α,β-unsaturated/α-hetero) is 1. The normalized spacial score (nSPS) is 12.3. The minimum atomic E-state index is -0.306. The molecule has 0 saturated heterocycles. The summed E-state index contributed by atoms with van der Waals surface area (Å²) in [6.45, 7) is 4.61. The first-order chi connectivity index (χ1) is 13.0. The van der Waals surface area contributed by atoms with Gasteiger partial charge in [-0.1, -0.05) is 19.1 Å². The van der Waals surface area contributed by atoms with Crippen molar-refractivity contribution in [2.45, 2.75) is 20.4 Å². The van der Waals surface area contributed by atoms with E-state index in [0.717, 1.165) is 5.56 Å². The van der Waals surface area contributed by atoms with Crippen molar-refractivity contribution >= 4 is 17.4 Å². The van der Waals surface area contributed by atoms with Crippen molar-refractivity contribution in [2.24, 2.45) is 0 Å². The lowest BCUT2D eigenvalue weighted by molar-refractivity contribution is -0.117. The maximum Gasteiger partial charge on any atom is 0.238 e. The Morgan fingerprint density at radius 1 is 1.19 bits per heavy atom. The molecule has 0 radical (unpaired) electrons. The number of ether oxygens (including phenoxy) is 2. The summed E-state index contributed by atoms with van der Waals surface area (Å²) >= 11 is 0. The number of ketones is 1. The summed E-state index contributed by atoms with van der Waals surface area (Å²) in [7, 11) is 0. The minimum absolute atomic E-state index is 0.0846. The smallest absolute Gasteiger partial charge is 0.238 e. The lowest BCUT2D eigenvalue weighted by Crippen LogP contribution is -2.33. The largest absolute Gasteiger partial charge is 0.454 e. The van der Waals surface area contributed by atoms with Gasteiger partial charge in [0.2, 0.25) is 12.7 Å². The molecule has 0 unspecified atom stereocenters. The van der Waals surface area contributed by atoms with Gasteiger partial charge < -0.3 is 14.8 Å². The summed E-state index contributed by atoms with van der Waals surface area (Å²) in [5.74, 6) is 0.215. The van der Waals surface area contributed by atoms with Gasteiger partial charge in [-0.25, -0.2) is 4.39 Å². The van der Waals surface area contributed by atoms with Crippen LogP contribution in [0.15, 0.2) is 36.4 Å². The second-order valence-corrected chi connectivity index (χ2v) is 6.29. The molecule has 3 rings (SSSR count). The Morgan fingerprint density at radius 2 is 1.93 bits per heavy atom. The number of benzene rings is 2. The predicted octanol–water partition coefficient (Wildman–Crippen LogP) is 3.22. The molecule has 1 aliphatic heterocycles. The molecule has 27 heavy (non-hydrogen) atoms. The van der Waals surface area contributed by atoms with Gasteiger partial charge in [0.1, 0.15) is 5.82 Å². The Bertz CT molecular complexity index is 869. The SMILES string of the molecule is CCN(CC(=O)Nc1cc2c(cc1C(C)=O)OCO2)Cc1cccc(F)c1. The number of nitrogens with zero attached hydrogens (tertiary/aromatic N) is 1. The highest BCUT2D eigenvalue weighted by molar-refractivity contribution is 6.05. The number of amides is 1. The molecule has 0 aromatic heterocycles. The topological polar surface area (TPSA) is 67.9 Å². The average molecular weight is 372 g/mol. The van der Waals surface area contributed by atoms with E-state index in [2.05, 4.69) is 5.32 Å².